The van der Waals surface area contributed by atoms with Gasteiger partial charge in [-0.3, -0.25) is 0 Å². The molecule has 0 aliphatic heterocycles. The first-order chi connectivity index (χ1) is 2.50. The molecule has 1 heteroatoms. The molecule has 0 amide bonds. The fraction of sp³-hybridized carbons (Fsp3) is 0.333. The Kier molecular flexibility index (Phi) is 8.86. The van der Waals surface area contributed by atoms with Crippen LogP contribution >= 0.6 is 0 Å². The second-order valence-electron chi connectivity index (χ2n) is 1.09. The molecule has 1 aliphatic carbocycles. The van der Waals surface area contributed by atoms with Gasteiger partial charge in [-0.05, 0) is 6.42 Å². The Morgan fingerprint density at radius 1 is 1.00 bits per heavy atom. The molecular weight excluding hydrogens is 137 g/mol. The normalized spacial score (nSPS) is 12.6. The van der Waals surface area contributed by atoms with Gasteiger partial charge < -0.3 is 0 Å². The van der Waals surface area contributed by atoms with Gasteiger partial charge in [0.2, 0.25) is 0 Å². The molecule has 0 spiro atoms. The Labute approximate surface area is 58.1 Å². The number of rotatable bonds is 0. The van der Waals surface area contributed by atoms with E-state index in [1.807, 2.05) is 0 Å². The van der Waals surface area contributed by atoms with E-state index in [2.05, 4.69) is 24.3 Å². The molecule has 0 unspecified atom stereocenters. The van der Waals surface area contributed by atoms with Crippen molar-refractivity contribution in [3.05, 3.63) is 24.3 Å². The molecule has 36 valence electrons. The third kappa shape index (κ3) is 3.95. The quantitative estimate of drug-likeness (QED) is 0.461. The van der Waals surface area contributed by atoms with Gasteiger partial charge >= 0.3 is 0 Å². The van der Waals surface area contributed by atoms with Crippen LogP contribution in [0.25, 0.3) is 0 Å². The summed E-state index contributed by atoms with van der Waals surface area (Å²) in [5.41, 5.74) is 0. The zero-order valence-electron chi connectivity index (χ0n) is 3.72. The van der Waals surface area contributed by atoms with Gasteiger partial charge in [0.25, 0.3) is 0 Å². The summed E-state index contributed by atoms with van der Waals surface area (Å²) in [6, 6.07) is 0. The van der Waals surface area contributed by atoms with E-state index < -0.39 is 0 Å². The van der Waals surface area contributed by atoms with Crippen LogP contribution in [-0.2, 0) is 19.5 Å². The molecule has 0 aromatic carbocycles. The zero-order valence-corrected chi connectivity index (χ0v) is 6.69. The molecule has 0 saturated heterocycles. The minimum atomic E-state index is 0. The molecule has 0 radical (unpaired) electrons. The minimum Gasteiger partial charge on any atom is -0.0808 e. The number of hydrogen-bond acceptors (Lipinski definition) is 0. The van der Waals surface area contributed by atoms with Gasteiger partial charge in [-0.1, -0.05) is 31.7 Å². The molecule has 0 saturated carbocycles. The standard InChI is InChI=1S/C5H6.CH4.Zn/c1-2-4-5-3-1;;/h1-4H,5H2;1H4;. The molecule has 0 aromatic heterocycles. The Balaban J connectivity index is 0. The van der Waals surface area contributed by atoms with Crippen LogP contribution in [0.3, 0.4) is 0 Å². The van der Waals surface area contributed by atoms with Crippen LogP contribution in [0.4, 0.5) is 0 Å². The monoisotopic (exact) mass is 146 g/mol. The topological polar surface area (TPSA) is 0 Å². The van der Waals surface area contributed by atoms with Crippen LogP contribution in [0.15, 0.2) is 24.3 Å². The molecule has 0 atom stereocenters. The summed E-state index contributed by atoms with van der Waals surface area (Å²) >= 11 is 0. The molecule has 0 nitrogen and oxygen atoms in total. The minimum absolute atomic E-state index is 0. The van der Waals surface area contributed by atoms with Gasteiger partial charge in [0.1, 0.15) is 0 Å². The average Bonchev–Trinajstić information content (AvgIpc) is 1.76. The van der Waals surface area contributed by atoms with E-state index >= 15 is 0 Å². The maximum Gasteiger partial charge on any atom is 0 e. The van der Waals surface area contributed by atoms with Gasteiger partial charge in [-0.2, -0.15) is 0 Å². The fourth-order valence-electron chi connectivity index (χ4n) is 0.393. The van der Waals surface area contributed by atoms with Crippen molar-refractivity contribution in [1.29, 1.82) is 0 Å². The van der Waals surface area contributed by atoms with Crippen molar-refractivity contribution in [2.45, 2.75) is 13.8 Å². The largest absolute Gasteiger partial charge is 0.0808 e. The average molecular weight is 148 g/mol. The molecule has 1 rings (SSSR count). The van der Waals surface area contributed by atoms with Crippen LogP contribution in [0.1, 0.15) is 13.8 Å². The summed E-state index contributed by atoms with van der Waals surface area (Å²) in [7, 11) is 0. The van der Waals surface area contributed by atoms with Gasteiger partial charge in [-0.25, -0.2) is 0 Å². The SMILES string of the molecule is C.C1=CCC=C1.[Zn]. The first-order valence-electron chi connectivity index (χ1n) is 1.82. The van der Waals surface area contributed by atoms with Gasteiger partial charge in [-0.15, -0.1) is 0 Å². The van der Waals surface area contributed by atoms with Crippen LogP contribution < -0.4 is 0 Å². The summed E-state index contributed by atoms with van der Waals surface area (Å²) in [5, 5.41) is 0. The predicted octanol–water partition coefficient (Wildman–Crippen LogP) is 2.14. The molecule has 0 bridgehead atoms. The van der Waals surface area contributed by atoms with E-state index in [1.165, 1.54) is 0 Å². The van der Waals surface area contributed by atoms with E-state index in [0.29, 0.717) is 0 Å². The molecule has 7 heavy (non-hydrogen) atoms. The summed E-state index contributed by atoms with van der Waals surface area (Å²) in [4.78, 5) is 0. The molecule has 0 aromatic rings. The summed E-state index contributed by atoms with van der Waals surface area (Å²) in [5.74, 6) is 0. The fourth-order valence-corrected chi connectivity index (χ4v) is 0.393. The van der Waals surface area contributed by atoms with Crippen LogP contribution in [0.2, 0.25) is 0 Å². The summed E-state index contributed by atoms with van der Waals surface area (Å²) in [6.07, 6.45) is 9.50. The second kappa shape index (κ2) is 6.10. The van der Waals surface area contributed by atoms with Gasteiger partial charge in [0.05, 0.1) is 0 Å². The number of allylic oxidation sites excluding steroid dienone is 4. The second-order valence-corrected chi connectivity index (χ2v) is 1.09. The van der Waals surface area contributed by atoms with E-state index in [9.17, 15) is 0 Å². The van der Waals surface area contributed by atoms with Crippen molar-refractivity contribution >= 4 is 0 Å². The third-order valence-electron chi connectivity index (χ3n) is 0.655. The van der Waals surface area contributed by atoms with Gasteiger partial charge in [0, 0.05) is 19.5 Å². The van der Waals surface area contributed by atoms with Crippen LogP contribution in [0, 0.1) is 0 Å². The first kappa shape index (κ1) is 10.2. The Morgan fingerprint density at radius 3 is 1.57 bits per heavy atom. The maximum absolute atomic E-state index is 2.12. The summed E-state index contributed by atoms with van der Waals surface area (Å²) in [6.45, 7) is 0. The van der Waals surface area contributed by atoms with Crippen molar-refractivity contribution in [2.24, 2.45) is 0 Å². The maximum atomic E-state index is 2.12. The van der Waals surface area contributed by atoms with E-state index in [0.717, 1.165) is 6.42 Å². The summed E-state index contributed by atoms with van der Waals surface area (Å²) < 4.78 is 0. The smallest absolute Gasteiger partial charge is 0 e. The number of hydrogen-bond donors (Lipinski definition) is 0. The first-order valence-corrected chi connectivity index (χ1v) is 1.82. The zero-order chi connectivity index (χ0) is 3.54. The van der Waals surface area contributed by atoms with Gasteiger partial charge in [0.15, 0.2) is 0 Å². The Hall–Kier alpha value is 0.103. The van der Waals surface area contributed by atoms with Crippen molar-refractivity contribution in [3.8, 4) is 0 Å². The molecule has 1 aliphatic rings. The van der Waals surface area contributed by atoms with Crippen molar-refractivity contribution in [2.75, 3.05) is 0 Å². The van der Waals surface area contributed by atoms with E-state index in [4.69, 9.17) is 0 Å². The molecular formula is C6H10Zn. The van der Waals surface area contributed by atoms with E-state index in [-0.39, 0.29) is 26.9 Å². The van der Waals surface area contributed by atoms with E-state index in [1.54, 1.807) is 0 Å². The van der Waals surface area contributed by atoms with Crippen molar-refractivity contribution < 1.29 is 19.5 Å². The Morgan fingerprint density at radius 2 is 1.43 bits per heavy atom. The predicted molar refractivity (Wildman–Crippen MR) is 29.6 cm³/mol. The van der Waals surface area contributed by atoms with Crippen LogP contribution in [-0.4, -0.2) is 0 Å². The third-order valence-corrected chi connectivity index (χ3v) is 0.655. The van der Waals surface area contributed by atoms with Crippen molar-refractivity contribution in [3.63, 3.8) is 0 Å². The molecule has 0 heterocycles. The molecule has 0 N–H and O–H groups in total. The molecule has 0 fully saturated rings. The van der Waals surface area contributed by atoms with Crippen LogP contribution in [0.5, 0.6) is 0 Å². The van der Waals surface area contributed by atoms with Crippen molar-refractivity contribution in [1.82, 2.24) is 0 Å². The Bertz CT molecular complexity index is 62.2.